The number of esters is 1. The summed E-state index contributed by atoms with van der Waals surface area (Å²) in [6.07, 6.45) is 6.61. The fourth-order valence-corrected chi connectivity index (χ4v) is 2.69. The van der Waals surface area contributed by atoms with Gasteiger partial charge in [-0.25, -0.2) is 0 Å². The van der Waals surface area contributed by atoms with Gasteiger partial charge in [-0.05, 0) is 56.9 Å². The van der Waals surface area contributed by atoms with Crippen LogP contribution < -0.4 is 9.47 Å². The Morgan fingerprint density at radius 1 is 1.19 bits per heavy atom. The van der Waals surface area contributed by atoms with Crippen molar-refractivity contribution in [2.45, 2.75) is 45.1 Å². The van der Waals surface area contributed by atoms with Crippen LogP contribution in [-0.2, 0) is 9.53 Å². The summed E-state index contributed by atoms with van der Waals surface area (Å²) >= 11 is 0. The standard InChI is InChI=1S/C21H25NO4/c1-2-24-21(23)10-5-13-25-19-11-12-20(22-15-19)16-6-3-9-18(14-16)26-17-7-4-8-17/h3,6,9,11-12,14-15,17H,2,4-5,7-8,10,13H2,1H3. The van der Waals surface area contributed by atoms with Crippen molar-refractivity contribution in [1.82, 2.24) is 4.98 Å². The zero-order chi connectivity index (χ0) is 18.2. The molecule has 1 saturated carbocycles. The Hall–Kier alpha value is -2.56. The highest BCUT2D eigenvalue weighted by Gasteiger charge is 2.19. The van der Waals surface area contributed by atoms with Crippen LogP contribution in [0.25, 0.3) is 11.3 Å². The van der Waals surface area contributed by atoms with Crippen LogP contribution in [0.1, 0.15) is 39.0 Å². The first-order valence-corrected chi connectivity index (χ1v) is 9.26. The lowest BCUT2D eigenvalue weighted by Gasteiger charge is -2.26. The predicted octanol–water partition coefficient (Wildman–Crippen LogP) is 4.40. The van der Waals surface area contributed by atoms with E-state index in [1.54, 1.807) is 13.1 Å². The molecule has 26 heavy (non-hydrogen) atoms. The lowest BCUT2D eigenvalue weighted by Crippen LogP contribution is -2.24. The first-order chi connectivity index (χ1) is 12.7. The molecule has 0 bridgehead atoms. The molecule has 0 amide bonds. The largest absolute Gasteiger partial charge is 0.492 e. The average molecular weight is 355 g/mol. The second-order valence-corrected chi connectivity index (χ2v) is 6.33. The van der Waals surface area contributed by atoms with Crippen LogP contribution in [0.2, 0.25) is 0 Å². The predicted molar refractivity (Wildman–Crippen MR) is 99.3 cm³/mol. The molecule has 0 radical (unpaired) electrons. The number of rotatable bonds is 9. The third kappa shape index (κ3) is 5.22. The molecule has 2 aromatic rings. The van der Waals surface area contributed by atoms with Crippen molar-refractivity contribution in [3.8, 4) is 22.8 Å². The van der Waals surface area contributed by atoms with Crippen LogP contribution >= 0.6 is 0 Å². The molecule has 1 aliphatic carbocycles. The number of aromatic nitrogens is 1. The minimum absolute atomic E-state index is 0.187. The van der Waals surface area contributed by atoms with Crippen LogP contribution in [0.4, 0.5) is 0 Å². The molecular weight excluding hydrogens is 330 g/mol. The van der Waals surface area contributed by atoms with E-state index in [1.165, 1.54) is 6.42 Å². The number of hydrogen-bond donors (Lipinski definition) is 0. The third-order valence-electron chi connectivity index (χ3n) is 4.32. The van der Waals surface area contributed by atoms with Gasteiger partial charge >= 0.3 is 5.97 Å². The monoisotopic (exact) mass is 355 g/mol. The van der Waals surface area contributed by atoms with Gasteiger partial charge in [-0.2, -0.15) is 0 Å². The van der Waals surface area contributed by atoms with E-state index in [0.717, 1.165) is 29.8 Å². The van der Waals surface area contributed by atoms with E-state index in [9.17, 15) is 4.79 Å². The Balaban J connectivity index is 1.50. The number of nitrogens with zero attached hydrogens (tertiary/aromatic N) is 1. The minimum atomic E-state index is -0.187. The fourth-order valence-electron chi connectivity index (χ4n) is 2.69. The number of ether oxygens (including phenoxy) is 3. The molecule has 1 aromatic carbocycles. The van der Waals surface area contributed by atoms with Crippen molar-refractivity contribution in [2.75, 3.05) is 13.2 Å². The number of carbonyl (C=O) groups excluding carboxylic acids is 1. The molecule has 1 fully saturated rings. The Kier molecular flexibility index (Phi) is 6.47. The smallest absolute Gasteiger partial charge is 0.305 e. The Labute approximate surface area is 154 Å². The van der Waals surface area contributed by atoms with Crippen LogP contribution in [0.5, 0.6) is 11.5 Å². The zero-order valence-corrected chi connectivity index (χ0v) is 15.1. The number of hydrogen-bond acceptors (Lipinski definition) is 5. The molecule has 0 spiro atoms. The van der Waals surface area contributed by atoms with Gasteiger partial charge in [0.05, 0.1) is 31.2 Å². The van der Waals surface area contributed by atoms with Gasteiger partial charge in [-0.1, -0.05) is 12.1 Å². The summed E-state index contributed by atoms with van der Waals surface area (Å²) in [4.78, 5) is 15.7. The molecule has 0 aliphatic heterocycles. The molecule has 5 nitrogen and oxygen atoms in total. The third-order valence-corrected chi connectivity index (χ3v) is 4.32. The average Bonchev–Trinajstić information content (AvgIpc) is 2.63. The summed E-state index contributed by atoms with van der Waals surface area (Å²) < 4.78 is 16.5. The highest BCUT2D eigenvalue weighted by molar-refractivity contribution is 5.69. The van der Waals surface area contributed by atoms with Gasteiger partial charge in [0.1, 0.15) is 11.5 Å². The summed E-state index contributed by atoms with van der Waals surface area (Å²) in [5, 5.41) is 0. The van der Waals surface area contributed by atoms with E-state index in [-0.39, 0.29) is 5.97 Å². The van der Waals surface area contributed by atoms with E-state index in [1.807, 2.05) is 36.4 Å². The lowest BCUT2D eigenvalue weighted by molar-refractivity contribution is -0.143. The van der Waals surface area contributed by atoms with Crippen LogP contribution in [0, 0.1) is 0 Å². The van der Waals surface area contributed by atoms with Gasteiger partial charge in [0.2, 0.25) is 0 Å². The first kappa shape index (κ1) is 18.2. The highest BCUT2D eigenvalue weighted by Crippen LogP contribution is 2.28. The first-order valence-electron chi connectivity index (χ1n) is 9.26. The SMILES string of the molecule is CCOC(=O)CCCOc1ccc(-c2cccc(OC3CCC3)c2)nc1. The Morgan fingerprint density at radius 3 is 2.77 bits per heavy atom. The van der Waals surface area contributed by atoms with Crippen LogP contribution in [0.3, 0.4) is 0 Å². The summed E-state index contributed by atoms with van der Waals surface area (Å²) in [5.41, 5.74) is 1.90. The van der Waals surface area contributed by atoms with E-state index >= 15 is 0 Å². The molecule has 0 unspecified atom stereocenters. The van der Waals surface area contributed by atoms with E-state index < -0.39 is 0 Å². The van der Waals surface area contributed by atoms with Crippen LogP contribution in [0.15, 0.2) is 42.6 Å². The lowest BCUT2D eigenvalue weighted by atomic mass is 9.96. The quantitative estimate of drug-likeness (QED) is 0.493. The molecule has 1 aliphatic rings. The second kappa shape index (κ2) is 9.22. The molecule has 0 N–H and O–H groups in total. The normalized spacial score (nSPS) is 13.7. The highest BCUT2D eigenvalue weighted by atomic mass is 16.5. The second-order valence-electron chi connectivity index (χ2n) is 6.33. The number of benzene rings is 1. The molecule has 1 heterocycles. The van der Waals surface area contributed by atoms with Gasteiger partial charge in [0.25, 0.3) is 0 Å². The number of pyridine rings is 1. The maximum Gasteiger partial charge on any atom is 0.305 e. The van der Waals surface area contributed by atoms with Gasteiger partial charge in [0.15, 0.2) is 0 Å². The van der Waals surface area contributed by atoms with Crippen molar-refractivity contribution >= 4 is 5.97 Å². The van der Waals surface area contributed by atoms with Crippen molar-refractivity contribution < 1.29 is 19.0 Å². The Bertz CT molecular complexity index is 710. The molecule has 1 aromatic heterocycles. The topological polar surface area (TPSA) is 57.7 Å². The van der Waals surface area contributed by atoms with Crippen molar-refractivity contribution in [3.05, 3.63) is 42.6 Å². The van der Waals surface area contributed by atoms with E-state index in [4.69, 9.17) is 14.2 Å². The maximum atomic E-state index is 11.3. The summed E-state index contributed by atoms with van der Waals surface area (Å²) in [6, 6.07) is 11.9. The summed E-state index contributed by atoms with van der Waals surface area (Å²) in [5.74, 6) is 1.40. The zero-order valence-electron chi connectivity index (χ0n) is 15.1. The van der Waals surface area contributed by atoms with Gasteiger partial charge in [0, 0.05) is 12.0 Å². The van der Waals surface area contributed by atoms with Crippen LogP contribution in [-0.4, -0.2) is 30.3 Å². The molecule has 0 saturated heterocycles. The Morgan fingerprint density at radius 2 is 2.08 bits per heavy atom. The van der Waals surface area contributed by atoms with E-state index in [2.05, 4.69) is 4.98 Å². The molecular formula is C21H25NO4. The fraction of sp³-hybridized carbons (Fsp3) is 0.429. The maximum absolute atomic E-state index is 11.3. The summed E-state index contributed by atoms with van der Waals surface area (Å²) in [7, 11) is 0. The molecule has 138 valence electrons. The van der Waals surface area contributed by atoms with Crippen molar-refractivity contribution in [2.24, 2.45) is 0 Å². The number of carbonyl (C=O) groups is 1. The van der Waals surface area contributed by atoms with Crippen molar-refractivity contribution in [3.63, 3.8) is 0 Å². The summed E-state index contributed by atoms with van der Waals surface area (Å²) in [6.45, 7) is 2.68. The van der Waals surface area contributed by atoms with Gasteiger partial charge in [-0.3, -0.25) is 9.78 Å². The van der Waals surface area contributed by atoms with E-state index in [0.29, 0.717) is 37.9 Å². The minimum Gasteiger partial charge on any atom is -0.492 e. The van der Waals surface area contributed by atoms with Crippen molar-refractivity contribution in [1.29, 1.82) is 0 Å². The molecule has 5 heteroatoms. The van der Waals surface area contributed by atoms with Gasteiger partial charge < -0.3 is 14.2 Å². The molecule has 3 rings (SSSR count). The van der Waals surface area contributed by atoms with Gasteiger partial charge in [-0.15, -0.1) is 0 Å². The molecule has 0 atom stereocenters.